The molecule has 1 aromatic carbocycles. The van der Waals surface area contributed by atoms with Gasteiger partial charge in [0.25, 0.3) is 0 Å². The van der Waals surface area contributed by atoms with Crippen LogP contribution in [0.15, 0.2) is 30.3 Å². The molecule has 2 aromatic rings. The first-order valence-electron chi connectivity index (χ1n) is 5.84. The van der Waals surface area contributed by atoms with Gasteiger partial charge in [-0.1, -0.05) is 49.2 Å². The first-order valence-corrected chi connectivity index (χ1v) is 7.41. The van der Waals surface area contributed by atoms with Crippen molar-refractivity contribution in [3.63, 3.8) is 0 Å². The van der Waals surface area contributed by atoms with Gasteiger partial charge < -0.3 is 5.32 Å². The number of hydrogen-bond donors (Lipinski definition) is 1. The molecule has 0 saturated carbocycles. The standard InChI is InChI=1S/C14H15Cl2NS/c1-9(2)17-8-10-6-7-13(18-10)11-4-3-5-12(15)14(11)16/h3-7,9,17H,8H2,1-2H3. The van der Waals surface area contributed by atoms with Crippen molar-refractivity contribution in [2.45, 2.75) is 26.4 Å². The third-order valence-corrected chi connectivity index (χ3v) is 4.50. The van der Waals surface area contributed by atoms with E-state index in [0.717, 1.165) is 17.0 Å². The van der Waals surface area contributed by atoms with Crippen molar-refractivity contribution in [1.29, 1.82) is 0 Å². The Morgan fingerprint density at radius 1 is 1.17 bits per heavy atom. The number of benzene rings is 1. The summed E-state index contributed by atoms with van der Waals surface area (Å²) in [5.41, 5.74) is 1.00. The Hall–Kier alpha value is -0.540. The van der Waals surface area contributed by atoms with Crippen LogP contribution in [0.2, 0.25) is 10.0 Å². The molecule has 0 aliphatic heterocycles. The van der Waals surface area contributed by atoms with Crippen LogP contribution in [0.4, 0.5) is 0 Å². The number of thiophene rings is 1. The van der Waals surface area contributed by atoms with Gasteiger partial charge in [-0.3, -0.25) is 0 Å². The highest BCUT2D eigenvalue weighted by Crippen LogP contribution is 2.36. The second-order valence-corrected chi connectivity index (χ2v) is 6.36. The van der Waals surface area contributed by atoms with Crippen LogP contribution in [-0.2, 0) is 6.54 Å². The van der Waals surface area contributed by atoms with Gasteiger partial charge in [0.05, 0.1) is 10.0 Å². The summed E-state index contributed by atoms with van der Waals surface area (Å²) in [6.45, 7) is 5.17. The fraction of sp³-hybridized carbons (Fsp3) is 0.286. The zero-order valence-corrected chi connectivity index (χ0v) is 12.7. The minimum absolute atomic E-state index is 0.491. The first kappa shape index (κ1) is 13.9. The molecule has 0 saturated heterocycles. The molecule has 0 amide bonds. The second kappa shape index (κ2) is 6.07. The summed E-state index contributed by atoms with van der Waals surface area (Å²) in [6, 6.07) is 10.5. The number of nitrogens with one attached hydrogen (secondary N) is 1. The van der Waals surface area contributed by atoms with E-state index in [1.165, 1.54) is 4.88 Å². The van der Waals surface area contributed by atoms with E-state index in [2.05, 4.69) is 31.3 Å². The zero-order chi connectivity index (χ0) is 13.1. The van der Waals surface area contributed by atoms with Crippen molar-refractivity contribution in [1.82, 2.24) is 5.32 Å². The molecule has 0 unspecified atom stereocenters. The largest absolute Gasteiger partial charge is 0.310 e. The van der Waals surface area contributed by atoms with E-state index < -0.39 is 0 Å². The van der Waals surface area contributed by atoms with Gasteiger partial charge in [-0.15, -0.1) is 11.3 Å². The van der Waals surface area contributed by atoms with Gasteiger partial charge in [0.2, 0.25) is 0 Å². The smallest absolute Gasteiger partial charge is 0.0678 e. The van der Waals surface area contributed by atoms with Crippen LogP contribution in [0.5, 0.6) is 0 Å². The van der Waals surface area contributed by atoms with Crippen LogP contribution in [0, 0.1) is 0 Å². The zero-order valence-electron chi connectivity index (χ0n) is 10.3. The van der Waals surface area contributed by atoms with Gasteiger partial charge in [0, 0.05) is 27.9 Å². The molecule has 0 aliphatic rings. The molecule has 96 valence electrons. The fourth-order valence-corrected chi connectivity index (χ4v) is 3.07. The van der Waals surface area contributed by atoms with Crippen molar-refractivity contribution in [2.75, 3.05) is 0 Å². The lowest BCUT2D eigenvalue weighted by Crippen LogP contribution is -2.21. The van der Waals surface area contributed by atoms with Crippen molar-refractivity contribution >= 4 is 34.5 Å². The minimum Gasteiger partial charge on any atom is -0.310 e. The first-order chi connectivity index (χ1) is 8.58. The van der Waals surface area contributed by atoms with E-state index in [0.29, 0.717) is 16.1 Å². The minimum atomic E-state index is 0.491. The van der Waals surface area contributed by atoms with E-state index in [4.69, 9.17) is 23.2 Å². The third kappa shape index (κ3) is 3.27. The maximum atomic E-state index is 6.22. The van der Waals surface area contributed by atoms with Gasteiger partial charge in [0.1, 0.15) is 0 Å². The SMILES string of the molecule is CC(C)NCc1ccc(-c2cccc(Cl)c2Cl)s1. The van der Waals surface area contributed by atoms with E-state index in [-0.39, 0.29) is 0 Å². The lowest BCUT2D eigenvalue weighted by molar-refractivity contribution is 0.593. The van der Waals surface area contributed by atoms with Crippen LogP contribution in [0.3, 0.4) is 0 Å². The van der Waals surface area contributed by atoms with E-state index in [1.807, 2.05) is 18.2 Å². The van der Waals surface area contributed by atoms with Crippen LogP contribution in [0.1, 0.15) is 18.7 Å². The molecule has 1 nitrogen and oxygen atoms in total. The van der Waals surface area contributed by atoms with Crippen LogP contribution < -0.4 is 5.32 Å². The summed E-state index contributed by atoms with van der Waals surface area (Å²) in [5, 5.41) is 4.63. The topological polar surface area (TPSA) is 12.0 Å². The number of hydrogen-bond acceptors (Lipinski definition) is 2. The molecule has 2 rings (SSSR count). The molecule has 0 atom stereocenters. The lowest BCUT2D eigenvalue weighted by Gasteiger charge is -2.05. The van der Waals surface area contributed by atoms with Crippen molar-refractivity contribution in [3.8, 4) is 10.4 Å². The highest BCUT2D eigenvalue weighted by Gasteiger charge is 2.09. The average molecular weight is 300 g/mol. The molecule has 18 heavy (non-hydrogen) atoms. The second-order valence-electron chi connectivity index (χ2n) is 4.40. The molecule has 1 N–H and O–H groups in total. The molecule has 0 radical (unpaired) electrons. The van der Waals surface area contributed by atoms with Crippen molar-refractivity contribution in [2.24, 2.45) is 0 Å². The third-order valence-electron chi connectivity index (χ3n) is 2.56. The Morgan fingerprint density at radius 2 is 1.94 bits per heavy atom. The maximum absolute atomic E-state index is 6.22. The highest BCUT2D eigenvalue weighted by molar-refractivity contribution is 7.15. The number of rotatable bonds is 4. The highest BCUT2D eigenvalue weighted by atomic mass is 35.5. The summed E-state index contributed by atoms with van der Waals surface area (Å²) in [4.78, 5) is 2.46. The maximum Gasteiger partial charge on any atom is 0.0678 e. The summed E-state index contributed by atoms with van der Waals surface area (Å²) in [6.07, 6.45) is 0. The molecule has 0 bridgehead atoms. The van der Waals surface area contributed by atoms with E-state index >= 15 is 0 Å². The molecular weight excluding hydrogens is 285 g/mol. The van der Waals surface area contributed by atoms with E-state index in [1.54, 1.807) is 11.3 Å². The molecule has 0 aliphatic carbocycles. The van der Waals surface area contributed by atoms with Gasteiger partial charge in [0.15, 0.2) is 0 Å². The van der Waals surface area contributed by atoms with Crippen molar-refractivity contribution in [3.05, 3.63) is 45.3 Å². The Bertz CT molecular complexity index is 534. The Morgan fingerprint density at radius 3 is 2.67 bits per heavy atom. The monoisotopic (exact) mass is 299 g/mol. The Balaban J connectivity index is 2.21. The molecule has 0 spiro atoms. The normalized spacial score (nSPS) is 11.2. The molecule has 4 heteroatoms. The Labute approximate surface area is 122 Å². The van der Waals surface area contributed by atoms with E-state index in [9.17, 15) is 0 Å². The molecule has 1 aromatic heterocycles. The summed E-state index contributed by atoms with van der Waals surface area (Å²) in [5.74, 6) is 0. The summed E-state index contributed by atoms with van der Waals surface area (Å²) >= 11 is 14.0. The molecule has 1 heterocycles. The average Bonchev–Trinajstić information content (AvgIpc) is 2.78. The predicted octanol–water partition coefficient (Wildman–Crippen LogP) is 5.22. The quantitative estimate of drug-likeness (QED) is 0.816. The summed E-state index contributed by atoms with van der Waals surface area (Å²) in [7, 11) is 0. The number of halogens is 2. The molecular formula is C14H15Cl2NS. The molecule has 0 fully saturated rings. The fourth-order valence-electron chi connectivity index (χ4n) is 1.62. The Kier molecular flexibility index (Phi) is 4.68. The van der Waals surface area contributed by atoms with Crippen molar-refractivity contribution < 1.29 is 0 Å². The van der Waals surface area contributed by atoms with Crippen LogP contribution in [-0.4, -0.2) is 6.04 Å². The van der Waals surface area contributed by atoms with Gasteiger partial charge >= 0.3 is 0 Å². The lowest BCUT2D eigenvalue weighted by atomic mass is 10.2. The van der Waals surface area contributed by atoms with Gasteiger partial charge in [-0.05, 0) is 18.2 Å². The van der Waals surface area contributed by atoms with Crippen LogP contribution >= 0.6 is 34.5 Å². The van der Waals surface area contributed by atoms with Crippen LogP contribution in [0.25, 0.3) is 10.4 Å². The van der Waals surface area contributed by atoms with Gasteiger partial charge in [-0.2, -0.15) is 0 Å². The summed E-state index contributed by atoms with van der Waals surface area (Å²) < 4.78 is 0. The van der Waals surface area contributed by atoms with Gasteiger partial charge in [-0.25, -0.2) is 0 Å². The predicted molar refractivity (Wildman–Crippen MR) is 81.8 cm³/mol.